The van der Waals surface area contributed by atoms with E-state index in [1.807, 2.05) is 6.19 Å². The summed E-state index contributed by atoms with van der Waals surface area (Å²) >= 11 is 0. The molecule has 4 nitrogen and oxygen atoms in total. The van der Waals surface area contributed by atoms with E-state index in [0.717, 1.165) is 6.42 Å². The van der Waals surface area contributed by atoms with E-state index in [1.54, 1.807) is 6.92 Å². The monoisotopic (exact) mass is 154 g/mol. The Morgan fingerprint density at radius 3 is 2.82 bits per heavy atom. The minimum absolute atomic E-state index is 0.565. The lowest BCUT2D eigenvalue weighted by Gasteiger charge is -2.25. The van der Waals surface area contributed by atoms with Crippen LogP contribution in [0.25, 0.3) is 0 Å². The second kappa shape index (κ2) is 2.42. The molecule has 1 fully saturated rings. The van der Waals surface area contributed by atoms with Gasteiger partial charge in [-0.25, -0.2) is 4.79 Å². The molecule has 11 heavy (non-hydrogen) atoms. The fourth-order valence-corrected chi connectivity index (χ4v) is 1.35. The van der Waals surface area contributed by atoms with E-state index >= 15 is 0 Å². The highest BCUT2D eigenvalue weighted by Gasteiger charge is 2.43. The van der Waals surface area contributed by atoms with Crippen LogP contribution in [-0.2, 0) is 4.79 Å². The molecule has 0 bridgehead atoms. The Kier molecular flexibility index (Phi) is 1.73. The number of likely N-dealkylation sites (tertiary alicyclic amines) is 1. The second-order valence-corrected chi connectivity index (χ2v) is 2.93. The first-order chi connectivity index (χ1) is 5.11. The van der Waals surface area contributed by atoms with Crippen LogP contribution in [0.4, 0.5) is 0 Å². The third-order valence-corrected chi connectivity index (χ3v) is 2.22. The lowest BCUT2D eigenvalue weighted by atomic mass is 10.00. The van der Waals surface area contributed by atoms with Crippen molar-refractivity contribution in [3.05, 3.63) is 0 Å². The average molecular weight is 154 g/mol. The van der Waals surface area contributed by atoms with Crippen LogP contribution in [0.3, 0.4) is 0 Å². The predicted molar refractivity (Wildman–Crippen MR) is 37.6 cm³/mol. The molecule has 0 spiro atoms. The molecule has 0 aromatic rings. The molecule has 0 aromatic carbocycles. The van der Waals surface area contributed by atoms with Crippen molar-refractivity contribution in [3.63, 3.8) is 0 Å². The van der Waals surface area contributed by atoms with Crippen molar-refractivity contribution >= 4 is 5.97 Å². The molecular formula is C7H10N2O2. The van der Waals surface area contributed by atoms with E-state index < -0.39 is 11.5 Å². The molecule has 1 atom stereocenters. The van der Waals surface area contributed by atoms with Crippen LogP contribution in [-0.4, -0.2) is 28.1 Å². The first kappa shape index (κ1) is 7.86. The summed E-state index contributed by atoms with van der Waals surface area (Å²) < 4.78 is 0. The first-order valence-electron chi connectivity index (χ1n) is 3.52. The lowest BCUT2D eigenvalue weighted by molar-refractivity contribution is -0.146. The van der Waals surface area contributed by atoms with Crippen molar-refractivity contribution in [3.8, 4) is 6.19 Å². The van der Waals surface area contributed by atoms with Gasteiger partial charge in [0.15, 0.2) is 6.19 Å². The second-order valence-electron chi connectivity index (χ2n) is 2.93. The van der Waals surface area contributed by atoms with Crippen LogP contribution in [0.5, 0.6) is 0 Å². The summed E-state index contributed by atoms with van der Waals surface area (Å²) in [4.78, 5) is 12.0. The third kappa shape index (κ3) is 1.03. The van der Waals surface area contributed by atoms with E-state index in [4.69, 9.17) is 10.4 Å². The van der Waals surface area contributed by atoms with E-state index in [9.17, 15) is 4.79 Å². The normalized spacial score (nSPS) is 30.0. The summed E-state index contributed by atoms with van der Waals surface area (Å²) in [7, 11) is 0. The van der Waals surface area contributed by atoms with E-state index in [1.165, 1.54) is 4.90 Å². The quantitative estimate of drug-likeness (QED) is 0.555. The molecule has 1 rings (SSSR count). The molecule has 4 heteroatoms. The Hall–Kier alpha value is -1.24. The van der Waals surface area contributed by atoms with Gasteiger partial charge in [0.1, 0.15) is 5.54 Å². The number of carboxylic acids is 1. The maximum absolute atomic E-state index is 10.7. The highest BCUT2D eigenvalue weighted by atomic mass is 16.4. The van der Waals surface area contributed by atoms with Crippen LogP contribution in [0.15, 0.2) is 0 Å². The SMILES string of the molecule is C[C@@]1(C(=O)O)CCCN1C#N. The van der Waals surface area contributed by atoms with Gasteiger partial charge < -0.3 is 5.11 Å². The minimum atomic E-state index is -0.950. The lowest BCUT2D eigenvalue weighted by Crippen LogP contribution is -2.45. The number of rotatable bonds is 1. The molecule has 1 N–H and O–H groups in total. The van der Waals surface area contributed by atoms with Gasteiger partial charge >= 0.3 is 5.97 Å². The highest BCUT2D eigenvalue weighted by molar-refractivity contribution is 5.79. The molecule has 60 valence electrons. The van der Waals surface area contributed by atoms with Crippen molar-refractivity contribution in [1.29, 1.82) is 5.26 Å². The van der Waals surface area contributed by atoms with Crippen molar-refractivity contribution in [2.75, 3.05) is 6.54 Å². The fraction of sp³-hybridized carbons (Fsp3) is 0.714. The molecule has 0 aromatic heterocycles. The number of carboxylic acid groups (broad SMARTS) is 1. The van der Waals surface area contributed by atoms with Gasteiger partial charge in [-0.2, -0.15) is 5.26 Å². The standard InChI is InChI=1S/C7H10N2O2/c1-7(6(10)11)3-2-4-9(7)5-8/h2-4H2,1H3,(H,10,11)/t7-/m0/s1. The maximum atomic E-state index is 10.7. The molecule has 1 saturated heterocycles. The van der Waals surface area contributed by atoms with E-state index in [0.29, 0.717) is 13.0 Å². The number of hydrogen-bond donors (Lipinski definition) is 1. The van der Waals surface area contributed by atoms with Crippen LogP contribution < -0.4 is 0 Å². The van der Waals surface area contributed by atoms with Crippen molar-refractivity contribution < 1.29 is 9.90 Å². The summed E-state index contributed by atoms with van der Waals surface area (Å²) in [5, 5.41) is 17.3. The zero-order valence-corrected chi connectivity index (χ0v) is 6.37. The Labute approximate surface area is 65.0 Å². The van der Waals surface area contributed by atoms with Crippen molar-refractivity contribution in [2.24, 2.45) is 0 Å². The molecule has 0 saturated carbocycles. The molecule has 0 unspecified atom stereocenters. The molecule has 1 heterocycles. The van der Waals surface area contributed by atoms with Gasteiger partial charge in [0.05, 0.1) is 0 Å². The summed E-state index contributed by atoms with van der Waals surface area (Å²) in [6, 6.07) is 0. The molecular weight excluding hydrogens is 144 g/mol. The zero-order valence-electron chi connectivity index (χ0n) is 6.37. The topological polar surface area (TPSA) is 64.3 Å². The number of nitrogens with zero attached hydrogens (tertiary/aromatic N) is 2. The van der Waals surface area contributed by atoms with E-state index in [-0.39, 0.29) is 0 Å². The zero-order chi connectivity index (χ0) is 8.48. The van der Waals surface area contributed by atoms with Crippen molar-refractivity contribution in [2.45, 2.75) is 25.3 Å². The number of aliphatic carboxylic acids is 1. The minimum Gasteiger partial charge on any atom is -0.479 e. The number of nitriles is 1. The van der Waals surface area contributed by atoms with Crippen LogP contribution in [0.1, 0.15) is 19.8 Å². The average Bonchev–Trinajstić information content (AvgIpc) is 2.32. The van der Waals surface area contributed by atoms with Crippen LogP contribution in [0.2, 0.25) is 0 Å². The highest BCUT2D eigenvalue weighted by Crippen LogP contribution is 2.27. The summed E-state index contributed by atoms with van der Waals surface area (Å²) in [6.45, 7) is 2.16. The Morgan fingerprint density at radius 1 is 1.82 bits per heavy atom. The number of hydrogen-bond acceptors (Lipinski definition) is 3. The van der Waals surface area contributed by atoms with Crippen LogP contribution >= 0.6 is 0 Å². The van der Waals surface area contributed by atoms with Crippen molar-refractivity contribution in [1.82, 2.24) is 4.90 Å². The van der Waals surface area contributed by atoms with Gasteiger partial charge in [-0.1, -0.05) is 0 Å². The van der Waals surface area contributed by atoms with Gasteiger partial charge in [0.25, 0.3) is 0 Å². The maximum Gasteiger partial charge on any atom is 0.329 e. The van der Waals surface area contributed by atoms with Gasteiger partial charge in [0.2, 0.25) is 0 Å². The molecule has 0 radical (unpaired) electrons. The number of carbonyl (C=O) groups is 1. The summed E-state index contributed by atoms with van der Waals surface area (Å²) in [6.07, 6.45) is 3.24. The Bertz CT molecular complexity index is 221. The van der Waals surface area contributed by atoms with E-state index in [2.05, 4.69) is 0 Å². The van der Waals surface area contributed by atoms with Gasteiger partial charge in [-0.15, -0.1) is 0 Å². The molecule has 0 amide bonds. The Morgan fingerprint density at radius 2 is 2.45 bits per heavy atom. The first-order valence-corrected chi connectivity index (χ1v) is 3.52. The fourth-order valence-electron chi connectivity index (χ4n) is 1.35. The summed E-state index contributed by atoms with van der Waals surface area (Å²) in [5.74, 6) is -0.906. The third-order valence-electron chi connectivity index (χ3n) is 2.22. The molecule has 1 aliphatic rings. The molecule has 1 aliphatic heterocycles. The molecule has 0 aliphatic carbocycles. The Balaban J connectivity index is 2.85. The van der Waals surface area contributed by atoms with Gasteiger partial charge in [-0.05, 0) is 19.8 Å². The predicted octanol–water partition coefficient (Wildman–Crippen LogP) is 0.407. The largest absolute Gasteiger partial charge is 0.479 e. The van der Waals surface area contributed by atoms with Gasteiger partial charge in [0, 0.05) is 6.54 Å². The van der Waals surface area contributed by atoms with Gasteiger partial charge in [-0.3, -0.25) is 4.90 Å². The van der Waals surface area contributed by atoms with Crippen LogP contribution in [0, 0.1) is 11.5 Å². The smallest absolute Gasteiger partial charge is 0.329 e. The summed E-state index contributed by atoms with van der Waals surface area (Å²) in [5.41, 5.74) is -0.950.